The first-order chi connectivity index (χ1) is 13.3. The molecule has 2 aliphatic rings. The van der Waals surface area contributed by atoms with Crippen molar-refractivity contribution in [3.05, 3.63) is 58.1 Å². The van der Waals surface area contributed by atoms with Crippen LogP contribution in [0.1, 0.15) is 32.4 Å². The van der Waals surface area contributed by atoms with Gasteiger partial charge in [0.15, 0.2) is 10.8 Å². The second kappa shape index (κ2) is 6.63. The molecule has 0 spiro atoms. The fourth-order valence-electron chi connectivity index (χ4n) is 3.96. The number of nitro groups is 1. The molecule has 146 valence electrons. The number of nitrogens with zero attached hydrogens (tertiary/aromatic N) is 2. The van der Waals surface area contributed by atoms with Crippen molar-refractivity contribution in [2.45, 2.75) is 32.5 Å². The zero-order chi connectivity index (χ0) is 20.1. The minimum atomic E-state index is -0.733. The predicted octanol–water partition coefficient (Wildman–Crippen LogP) is 4.17. The van der Waals surface area contributed by atoms with Crippen LogP contribution in [0.25, 0.3) is 0 Å². The zero-order valence-corrected chi connectivity index (χ0v) is 16.7. The highest BCUT2D eigenvalue weighted by atomic mass is 32.1. The van der Waals surface area contributed by atoms with Crippen LogP contribution in [0.3, 0.4) is 0 Å². The van der Waals surface area contributed by atoms with Gasteiger partial charge in [-0.1, -0.05) is 6.92 Å². The third-order valence-electron chi connectivity index (χ3n) is 5.53. The average molecular weight is 399 g/mol. The largest absolute Gasteiger partial charge is 0.494 e. The fourth-order valence-corrected chi connectivity index (χ4v) is 4.38. The molecule has 28 heavy (non-hydrogen) atoms. The van der Waals surface area contributed by atoms with Crippen molar-refractivity contribution in [2.75, 3.05) is 11.5 Å². The molecule has 1 N–H and O–H groups in total. The Morgan fingerprint density at radius 3 is 2.68 bits per heavy atom. The molecule has 2 heterocycles. The predicted molar refractivity (Wildman–Crippen MR) is 110 cm³/mol. The maximum atomic E-state index is 11.2. The monoisotopic (exact) mass is 399 g/mol. The summed E-state index contributed by atoms with van der Waals surface area (Å²) in [5.41, 5.74) is 0.954. The number of anilines is 1. The molecule has 7 nitrogen and oxygen atoms in total. The first-order valence-corrected chi connectivity index (χ1v) is 9.57. The second-order valence-electron chi connectivity index (χ2n) is 7.11. The first kappa shape index (κ1) is 18.5. The topological polar surface area (TPSA) is 76.9 Å². The molecule has 0 aliphatic carbocycles. The van der Waals surface area contributed by atoms with Gasteiger partial charge in [-0.15, -0.1) is 0 Å². The van der Waals surface area contributed by atoms with Gasteiger partial charge in [-0.25, -0.2) is 0 Å². The highest BCUT2D eigenvalue weighted by molar-refractivity contribution is 7.80. The molecule has 8 heteroatoms. The number of nitro benzene ring substituents is 1. The number of hydrogen-bond donors (Lipinski definition) is 1. The Balaban J connectivity index is 1.75. The molecule has 2 bridgehead atoms. The van der Waals surface area contributed by atoms with Crippen molar-refractivity contribution in [1.82, 2.24) is 5.32 Å². The number of ether oxygens (including phenoxy) is 2. The van der Waals surface area contributed by atoms with Crippen molar-refractivity contribution in [3.63, 3.8) is 0 Å². The molecule has 2 aliphatic heterocycles. The standard InChI is InChI=1S/C20H21N3O4S/c1-4-26-15-8-5-13(6-9-15)22-19(28)21-18-12(2)20(22,3)27-17-10-7-14(23(24)25)11-16(17)18/h5-12,18H,4H2,1-3H3,(H,21,28). The number of nitrogens with one attached hydrogen (secondary N) is 1. The van der Waals surface area contributed by atoms with E-state index in [0.29, 0.717) is 17.5 Å². The lowest BCUT2D eigenvalue weighted by atomic mass is 9.80. The third-order valence-corrected chi connectivity index (χ3v) is 5.83. The summed E-state index contributed by atoms with van der Waals surface area (Å²) in [6, 6.07) is 12.2. The Hall–Kier alpha value is -2.87. The normalized spacial score (nSPS) is 25.4. The Kier molecular flexibility index (Phi) is 4.38. The van der Waals surface area contributed by atoms with E-state index in [0.717, 1.165) is 17.0 Å². The van der Waals surface area contributed by atoms with E-state index in [1.807, 2.05) is 43.0 Å². The van der Waals surface area contributed by atoms with Crippen LogP contribution in [0.15, 0.2) is 42.5 Å². The van der Waals surface area contributed by atoms with Crippen molar-refractivity contribution < 1.29 is 14.4 Å². The summed E-state index contributed by atoms with van der Waals surface area (Å²) in [4.78, 5) is 12.7. The summed E-state index contributed by atoms with van der Waals surface area (Å²) in [7, 11) is 0. The number of thiocarbonyl (C=S) groups is 1. The van der Waals surface area contributed by atoms with Crippen LogP contribution in [-0.4, -0.2) is 22.4 Å². The average Bonchev–Trinajstić information content (AvgIpc) is 2.66. The molecule has 4 rings (SSSR count). The molecule has 0 radical (unpaired) electrons. The third kappa shape index (κ3) is 2.75. The Labute approximate surface area is 168 Å². The highest BCUT2D eigenvalue weighted by Crippen LogP contribution is 2.49. The molecule has 2 aromatic carbocycles. The zero-order valence-electron chi connectivity index (χ0n) is 15.8. The highest BCUT2D eigenvalue weighted by Gasteiger charge is 2.54. The summed E-state index contributed by atoms with van der Waals surface area (Å²) in [6.45, 7) is 6.60. The van der Waals surface area contributed by atoms with Gasteiger partial charge >= 0.3 is 0 Å². The summed E-state index contributed by atoms with van der Waals surface area (Å²) < 4.78 is 11.9. The number of rotatable bonds is 4. The van der Waals surface area contributed by atoms with Crippen molar-refractivity contribution in [1.29, 1.82) is 0 Å². The van der Waals surface area contributed by atoms with Gasteiger partial charge in [0.25, 0.3) is 5.69 Å². The van der Waals surface area contributed by atoms with Crippen LogP contribution in [0.2, 0.25) is 0 Å². The van der Waals surface area contributed by atoms with Crippen LogP contribution in [0.5, 0.6) is 11.5 Å². The molecular weight excluding hydrogens is 378 g/mol. The van der Waals surface area contributed by atoms with Crippen molar-refractivity contribution in [3.8, 4) is 11.5 Å². The van der Waals surface area contributed by atoms with Gasteiger partial charge in [0.05, 0.1) is 17.6 Å². The SMILES string of the molecule is CCOc1ccc(N2C(=S)NC3c4cc([N+](=O)[O-])ccc4OC2(C)C3C)cc1. The quantitative estimate of drug-likeness (QED) is 0.470. The van der Waals surface area contributed by atoms with Crippen LogP contribution in [0, 0.1) is 16.0 Å². The maximum absolute atomic E-state index is 11.2. The molecule has 3 unspecified atom stereocenters. The summed E-state index contributed by atoms with van der Waals surface area (Å²) in [6.07, 6.45) is 0. The van der Waals surface area contributed by atoms with Gasteiger partial charge in [-0.05, 0) is 56.4 Å². The fraction of sp³-hybridized carbons (Fsp3) is 0.350. The Morgan fingerprint density at radius 1 is 1.32 bits per heavy atom. The van der Waals surface area contributed by atoms with E-state index in [1.165, 1.54) is 6.07 Å². The minimum absolute atomic E-state index is 0.0136. The van der Waals surface area contributed by atoms with Gasteiger partial charge in [0.1, 0.15) is 11.5 Å². The molecule has 0 saturated carbocycles. The molecule has 2 aromatic rings. The molecule has 1 fully saturated rings. The van der Waals surface area contributed by atoms with Crippen LogP contribution >= 0.6 is 12.2 Å². The van der Waals surface area contributed by atoms with E-state index in [4.69, 9.17) is 21.7 Å². The lowest BCUT2D eigenvalue weighted by Gasteiger charge is -2.56. The van der Waals surface area contributed by atoms with E-state index >= 15 is 0 Å². The van der Waals surface area contributed by atoms with Crippen LogP contribution < -0.4 is 19.7 Å². The van der Waals surface area contributed by atoms with Gasteiger partial charge in [-0.3, -0.25) is 15.0 Å². The number of hydrogen-bond acceptors (Lipinski definition) is 5. The maximum Gasteiger partial charge on any atom is 0.270 e. The first-order valence-electron chi connectivity index (χ1n) is 9.16. The van der Waals surface area contributed by atoms with Crippen LogP contribution in [0.4, 0.5) is 11.4 Å². The number of fused-ring (bicyclic) bond motifs is 4. The van der Waals surface area contributed by atoms with Crippen molar-refractivity contribution >= 4 is 28.7 Å². The van der Waals surface area contributed by atoms with E-state index in [-0.39, 0.29) is 17.6 Å². The Morgan fingerprint density at radius 2 is 2.04 bits per heavy atom. The minimum Gasteiger partial charge on any atom is -0.494 e. The lowest BCUT2D eigenvalue weighted by molar-refractivity contribution is -0.385. The summed E-state index contributed by atoms with van der Waals surface area (Å²) >= 11 is 5.66. The summed E-state index contributed by atoms with van der Waals surface area (Å²) in [5.74, 6) is 1.41. The van der Waals surface area contributed by atoms with Gasteiger partial charge in [0, 0.05) is 29.3 Å². The van der Waals surface area contributed by atoms with Crippen LogP contribution in [-0.2, 0) is 0 Å². The molecular formula is C20H21N3O4S. The van der Waals surface area contributed by atoms with E-state index < -0.39 is 10.6 Å². The van der Waals surface area contributed by atoms with E-state index in [1.54, 1.807) is 12.1 Å². The van der Waals surface area contributed by atoms with E-state index in [9.17, 15) is 10.1 Å². The van der Waals surface area contributed by atoms with Gasteiger partial charge < -0.3 is 14.8 Å². The number of benzene rings is 2. The Bertz CT molecular complexity index is 949. The summed E-state index contributed by atoms with van der Waals surface area (Å²) in [5, 5.41) is 15.1. The van der Waals surface area contributed by atoms with Gasteiger partial charge in [-0.2, -0.15) is 0 Å². The lowest BCUT2D eigenvalue weighted by Crippen LogP contribution is -2.69. The second-order valence-corrected chi connectivity index (χ2v) is 7.50. The number of non-ortho nitro benzene ring substituents is 1. The molecule has 0 amide bonds. The van der Waals surface area contributed by atoms with E-state index in [2.05, 4.69) is 12.2 Å². The smallest absolute Gasteiger partial charge is 0.270 e. The molecule has 3 atom stereocenters. The molecule has 0 aromatic heterocycles. The van der Waals surface area contributed by atoms with Crippen molar-refractivity contribution in [2.24, 2.45) is 5.92 Å². The van der Waals surface area contributed by atoms with Gasteiger partial charge in [0.2, 0.25) is 0 Å². The molecule has 1 saturated heterocycles.